The van der Waals surface area contributed by atoms with E-state index < -0.39 is 0 Å². The van der Waals surface area contributed by atoms with Gasteiger partial charge in [-0.15, -0.1) is 0 Å². The predicted molar refractivity (Wildman–Crippen MR) is 82.3 cm³/mol. The summed E-state index contributed by atoms with van der Waals surface area (Å²) < 4.78 is 8.78. The topological polar surface area (TPSA) is 29.9 Å². The number of ether oxygens (including phenoxy) is 1. The molecule has 104 valence electrons. The van der Waals surface area contributed by atoms with Gasteiger partial charge in [0.2, 0.25) is 0 Å². The zero-order valence-electron chi connectivity index (χ0n) is 12.1. The van der Waals surface area contributed by atoms with Crippen molar-refractivity contribution in [3.8, 4) is 5.75 Å². The van der Waals surface area contributed by atoms with Crippen molar-refractivity contribution in [1.29, 1.82) is 0 Å². The number of fused-ring (bicyclic) bond motifs is 1. The zero-order valence-corrected chi connectivity index (χ0v) is 12.9. The van der Waals surface area contributed by atoms with Gasteiger partial charge in [0.05, 0.1) is 11.6 Å². The largest absolute Gasteiger partial charge is 0.489 e. The Morgan fingerprint density at radius 3 is 2.68 bits per heavy atom. The van der Waals surface area contributed by atoms with E-state index in [0.717, 1.165) is 34.5 Å². The van der Waals surface area contributed by atoms with Crippen molar-refractivity contribution >= 4 is 23.3 Å². The number of rotatable bonds is 5. The van der Waals surface area contributed by atoms with Gasteiger partial charge in [0.15, 0.2) is 4.77 Å². The van der Waals surface area contributed by atoms with Gasteiger partial charge in [-0.2, -0.15) is 0 Å². The predicted octanol–water partition coefficient (Wildman–Crippen LogP) is 4.53. The van der Waals surface area contributed by atoms with E-state index in [2.05, 4.69) is 29.5 Å². The number of H-pyrrole nitrogens is 1. The second-order valence-electron chi connectivity index (χ2n) is 5.37. The van der Waals surface area contributed by atoms with Crippen LogP contribution in [0.5, 0.6) is 5.75 Å². The number of para-hydroxylation sites is 1. The molecule has 0 saturated heterocycles. The van der Waals surface area contributed by atoms with E-state index >= 15 is 0 Å². The molecule has 1 unspecified atom stereocenters. The molecule has 19 heavy (non-hydrogen) atoms. The van der Waals surface area contributed by atoms with E-state index in [1.54, 1.807) is 0 Å². The van der Waals surface area contributed by atoms with E-state index in [9.17, 15) is 0 Å². The molecular weight excluding hydrogens is 256 g/mol. The van der Waals surface area contributed by atoms with Crippen LogP contribution in [-0.2, 0) is 6.54 Å². The first kappa shape index (κ1) is 14.1. The van der Waals surface area contributed by atoms with E-state index in [-0.39, 0.29) is 6.10 Å². The molecule has 1 aromatic carbocycles. The minimum Gasteiger partial charge on any atom is -0.489 e. The van der Waals surface area contributed by atoms with Crippen LogP contribution < -0.4 is 4.74 Å². The van der Waals surface area contributed by atoms with Gasteiger partial charge in [0.1, 0.15) is 11.3 Å². The van der Waals surface area contributed by atoms with Gasteiger partial charge in [0.25, 0.3) is 0 Å². The van der Waals surface area contributed by atoms with E-state index in [1.807, 2.05) is 26.0 Å². The molecule has 1 N–H and O–H groups in total. The lowest BCUT2D eigenvalue weighted by molar-refractivity contribution is 0.245. The second kappa shape index (κ2) is 5.78. The summed E-state index contributed by atoms with van der Waals surface area (Å²) in [5.41, 5.74) is 2.13. The first-order chi connectivity index (χ1) is 9.02. The molecule has 3 nitrogen and oxygen atoms in total. The maximum Gasteiger partial charge on any atom is 0.178 e. The minimum atomic E-state index is 0.158. The zero-order chi connectivity index (χ0) is 14.0. The summed E-state index contributed by atoms with van der Waals surface area (Å²) in [6, 6.07) is 6.11. The lowest BCUT2D eigenvalue weighted by atomic mass is 10.1. The molecule has 1 heterocycles. The average Bonchev–Trinajstić information content (AvgIpc) is 2.67. The molecule has 0 aliphatic carbocycles. The quantitative estimate of drug-likeness (QED) is 0.814. The van der Waals surface area contributed by atoms with Gasteiger partial charge >= 0.3 is 0 Å². The van der Waals surface area contributed by atoms with Crippen LogP contribution in [0.25, 0.3) is 11.0 Å². The molecule has 0 bridgehead atoms. The lowest BCUT2D eigenvalue weighted by Crippen LogP contribution is -2.07. The van der Waals surface area contributed by atoms with Crippen LogP contribution in [0.3, 0.4) is 0 Å². The van der Waals surface area contributed by atoms with Crippen LogP contribution in [0.4, 0.5) is 0 Å². The minimum absolute atomic E-state index is 0.158. The molecule has 0 radical (unpaired) electrons. The fourth-order valence-corrected chi connectivity index (χ4v) is 2.40. The standard InChI is InChI=1S/C15H22N2OS/c1-5-11(4)9-17-12-7-6-8-13(18-10(2)3)14(12)16-15(17)19/h6-8,10-11H,5,9H2,1-4H3,(H,16,19). The van der Waals surface area contributed by atoms with E-state index in [1.165, 1.54) is 0 Å². The van der Waals surface area contributed by atoms with Gasteiger partial charge in [-0.05, 0) is 44.1 Å². The Labute approximate surface area is 119 Å². The third-order valence-corrected chi connectivity index (χ3v) is 3.65. The Kier molecular flexibility index (Phi) is 4.30. The average molecular weight is 278 g/mol. The third kappa shape index (κ3) is 3.00. The Balaban J connectivity index is 2.49. The maximum atomic E-state index is 5.84. The second-order valence-corrected chi connectivity index (χ2v) is 5.76. The molecule has 2 aromatic rings. The Morgan fingerprint density at radius 1 is 1.32 bits per heavy atom. The molecule has 1 aromatic heterocycles. The molecule has 4 heteroatoms. The van der Waals surface area contributed by atoms with Crippen molar-refractivity contribution in [2.75, 3.05) is 0 Å². The Hall–Kier alpha value is -1.29. The number of hydrogen-bond donors (Lipinski definition) is 1. The van der Waals surface area contributed by atoms with E-state index in [0.29, 0.717) is 5.92 Å². The Bertz CT molecular complexity index is 612. The normalized spacial score (nSPS) is 13.1. The monoisotopic (exact) mass is 278 g/mol. The first-order valence-electron chi connectivity index (χ1n) is 6.91. The molecule has 0 saturated carbocycles. The molecule has 0 fully saturated rings. The summed E-state index contributed by atoms with van der Waals surface area (Å²) in [7, 11) is 0. The maximum absolute atomic E-state index is 5.84. The number of imidazole rings is 1. The van der Waals surface area contributed by atoms with E-state index in [4.69, 9.17) is 17.0 Å². The molecule has 0 amide bonds. The smallest absolute Gasteiger partial charge is 0.178 e. The molecule has 0 aliphatic rings. The van der Waals surface area contributed by atoms with Gasteiger partial charge in [-0.1, -0.05) is 26.3 Å². The number of benzene rings is 1. The molecule has 0 aliphatic heterocycles. The van der Waals surface area contributed by atoms with Crippen molar-refractivity contribution in [2.24, 2.45) is 5.92 Å². The van der Waals surface area contributed by atoms with Crippen LogP contribution >= 0.6 is 12.2 Å². The van der Waals surface area contributed by atoms with Crippen molar-refractivity contribution in [2.45, 2.75) is 46.8 Å². The van der Waals surface area contributed by atoms with Gasteiger partial charge in [0, 0.05) is 6.54 Å². The van der Waals surface area contributed by atoms with Crippen LogP contribution in [0.1, 0.15) is 34.1 Å². The summed E-state index contributed by atoms with van der Waals surface area (Å²) >= 11 is 5.44. The van der Waals surface area contributed by atoms with Crippen LogP contribution in [0.2, 0.25) is 0 Å². The summed E-state index contributed by atoms with van der Waals surface area (Å²) in [6.45, 7) is 9.46. The first-order valence-corrected chi connectivity index (χ1v) is 7.32. The third-order valence-electron chi connectivity index (χ3n) is 3.33. The highest BCUT2D eigenvalue weighted by atomic mass is 32.1. The highest BCUT2D eigenvalue weighted by Gasteiger charge is 2.11. The number of hydrogen-bond acceptors (Lipinski definition) is 2. The number of aromatic nitrogens is 2. The summed E-state index contributed by atoms with van der Waals surface area (Å²) in [5, 5.41) is 0. The highest BCUT2D eigenvalue weighted by Crippen LogP contribution is 2.26. The molecular formula is C15H22N2OS. The summed E-state index contributed by atoms with van der Waals surface area (Å²) in [6.07, 6.45) is 1.31. The number of nitrogens with zero attached hydrogens (tertiary/aromatic N) is 1. The van der Waals surface area contributed by atoms with Gasteiger partial charge in [-0.25, -0.2) is 0 Å². The Morgan fingerprint density at radius 2 is 2.05 bits per heavy atom. The number of aromatic amines is 1. The van der Waals surface area contributed by atoms with Crippen molar-refractivity contribution < 1.29 is 4.74 Å². The molecule has 0 spiro atoms. The summed E-state index contributed by atoms with van der Waals surface area (Å²) in [4.78, 5) is 3.28. The number of nitrogens with one attached hydrogen (secondary N) is 1. The van der Waals surface area contributed by atoms with Crippen LogP contribution in [0.15, 0.2) is 18.2 Å². The van der Waals surface area contributed by atoms with Gasteiger partial charge < -0.3 is 14.3 Å². The van der Waals surface area contributed by atoms with Crippen molar-refractivity contribution in [3.05, 3.63) is 23.0 Å². The summed E-state index contributed by atoms with van der Waals surface area (Å²) in [5.74, 6) is 1.49. The fourth-order valence-electron chi connectivity index (χ4n) is 2.13. The van der Waals surface area contributed by atoms with Crippen molar-refractivity contribution in [3.63, 3.8) is 0 Å². The lowest BCUT2D eigenvalue weighted by Gasteiger charge is -2.12. The SMILES string of the molecule is CCC(C)Cn1c(=S)[nH]c2c(OC(C)C)cccc21. The van der Waals surface area contributed by atoms with Crippen molar-refractivity contribution in [1.82, 2.24) is 9.55 Å². The van der Waals surface area contributed by atoms with Gasteiger partial charge in [-0.3, -0.25) is 0 Å². The molecule has 2 rings (SSSR count). The highest BCUT2D eigenvalue weighted by molar-refractivity contribution is 7.71. The van der Waals surface area contributed by atoms with Crippen LogP contribution in [-0.4, -0.2) is 15.7 Å². The van der Waals surface area contributed by atoms with Crippen LogP contribution in [0, 0.1) is 10.7 Å². The fraction of sp³-hybridized carbons (Fsp3) is 0.533. The molecule has 1 atom stereocenters.